The summed E-state index contributed by atoms with van der Waals surface area (Å²) in [6.45, 7) is 7.39. The summed E-state index contributed by atoms with van der Waals surface area (Å²) < 4.78 is 5.41. The second-order valence-electron chi connectivity index (χ2n) is 3.69. The molecule has 0 bridgehead atoms. The van der Waals surface area contributed by atoms with Crippen LogP contribution in [-0.2, 0) is 11.2 Å². The van der Waals surface area contributed by atoms with Crippen LogP contribution in [-0.4, -0.2) is 29.2 Å². The SMILES string of the molecule is CCc1nc(Cl)cc(NCCOC(C)C)n1. The third kappa shape index (κ3) is 4.77. The first-order valence-electron chi connectivity index (χ1n) is 5.50. The number of nitrogens with zero attached hydrogens (tertiary/aromatic N) is 2. The summed E-state index contributed by atoms with van der Waals surface area (Å²) in [5, 5.41) is 3.63. The lowest BCUT2D eigenvalue weighted by Crippen LogP contribution is -2.14. The minimum absolute atomic E-state index is 0.252. The van der Waals surface area contributed by atoms with Crippen LogP contribution in [0.5, 0.6) is 0 Å². The summed E-state index contributed by atoms with van der Waals surface area (Å²) >= 11 is 5.87. The summed E-state index contributed by atoms with van der Waals surface area (Å²) in [7, 11) is 0. The third-order valence-corrected chi connectivity index (χ3v) is 2.11. The molecule has 1 heterocycles. The highest BCUT2D eigenvalue weighted by molar-refractivity contribution is 6.29. The smallest absolute Gasteiger partial charge is 0.134 e. The minimum Gasteiger partial charge on any atom is -0.377 e. The molecule has 1 aromatic rings. The Morgan fingerprint density at radius 1 is 1.44 bits per heavy atom. The largest absolute Gasteiger partial charge is 0.377 e. The molecule has 90 valence electrons. The molecule has 0 saturated heterocycles. The number of anilines is 1. The lowest BCUT2D eigenvalue weighted by atomic mass is 10.4. The second-order valence-corrected chi connectivity index (χ2v) is 4.08. The standard InChI is InChI=1S/C11H18ClN3O/c1-4-10-14-9(12)7-11(15-10)13-5-6-16-8(2)3/h7-8H,4-6H2,1-3H3,(H,13,14,15). The number of nitrogens with one attached hydrogen (secondary N) is 1. The van der Waals surface area contributed by atoms with Gasteiger partial charge in [-0.05, 0) is 13.8 Å². The van der Waals surface area contributed by atoms with Crippen LogP contribution < -0.4 is 5.32 Å². The van der Waals surface area contributed by atoms with E-state index in [0.29, 0.717) is 18.3 Å². The fourth-order valence-corrected chi connectivity index (χ4v) is 1.39. The highest BCUT2D eigenvalue weighted by Crippen LogP contribution is 2.11. The molecule has 0 aliphatic heterocycles. The minimum atomic E-state index is 0.252. The van der Waals surface area contributed by atoms with Gasteiger partial charge in [0, 0.05) is 19.0 Å². The normalized spacial score (nSPS) is 10.8. The van der Waals surface area contributed by atoms with Gasteiger partial charge in [0.05, 0.1) is 12.7 Å². The summed E-state index contributed by atoms with van der Waals surface area (Å²) in [5.41, 5.74) is 0. The van der Waals surface area contributed by atoms with Crippen LogP contribution in [0.25, 0.3) is 0 Å². The fourth-order valence-electron chi connectivity index (χ4n) is 1.19. The zero-order valence-corrected chi connectivity index (χ0v) is 10.7. The van der Waals surface area contributed by atoms with Crippen molar-refractivity contribution in [1.82, 2.24) is 9.97 Å². The van der Waals surface area contributed by atoms with Gasteiger partial charge in [-0.15, -0.1) is 0 Å². The number of ether oxygens (including phenoxy) is 1. The molecule has 5 heteroatoms. The Balaban J connectivity index is 2.44. The van der Waals surface area contributed by atoms with Crippen molar-refractivity contribution in [3.8, 4) is 0 Å². The van der Waals surface area contributed by atoms with E-state index in [-0.39, 0.29) is 6.10 Å². The van der Waals surface area contributed by atoms with Crippen molar-refractivity contribution in [3.05, 3.63) is 17.0 Å². The number of aromatic nitrogens is 2. The van der Waals surface area contributed by atoms with Gasteiger partial charge in [-0.1, -0.05) is 18.5 Å². The average Bonchev–Trinajstić information content (AvgIpc) is 2.23. The Morgan fingerprint density at radius 2 is 2.19 bits per heavy atom. The Morgan fingerprint density at radius 3 is 2.81 bits per heavy atom. The van der Waals surface area contributed by atoms with E-state index < -0.39 is 0 Å². The highest BCUT2D eigenvalue weighted by atomic mass is 35.5. The molecular formula is C11H18ClN3O. The summed E-state index contributed by atoms with van der Waals surface area (Å²) in [6.07, 6.45) is 1.03. The van der Waals surface area contributed by atoms with E-state index in [2.05, 4.69) is 15.3 Å². The van der Waals surface area contributed by atoms with Crippen LogP contribution in [0, 0.1) is 0 Å². The van der Waals surface area contributed by atoms with Crippen molar-refractivity contribution in [2.24, 2.45) is 0 Å². The lowest BCUT2D eigenvalue weighted by molar-refractivity contribution is 0.0870. The third-order valence-electron chi connectivity index (χ3n) is 1.92. The van der Waals surface area contributed by atoms with Crippen molar-refractivity contribution >= 4 is 17.4 Å². The van der Waals surface area contributed by atoms with Gasteiger partial charge in [-0.25, -0.2) is 9.97 Å². The Hall–Kier alpha value is -0.870. The van der Waals surface area contributed by atoms with E-state index in [4.69, 9.17) is 16.3 Å². The van der Waals surface area contributed by atoms with Gasteiger partial charge in [-0.3, -0.25) is 0 Å². The number of halogens is 1. The topological polar surface area (TPSA) is 47.0 Å². The van der Waals surface area contributed by atoms with Crippen molar-refractivity contribution in [2.45, 2.75) is 33.3 Å². The molecule has 16 heavy (non-hydrogen) atoms. The van der Waals surface area contributed by atoms with Crippen LogP contribution in [0.1, 0.15) is 26.6 Å². The van der Waals surface area contributed by atoms with Gasteiger partial charge in [-0.2, -0.15) is 0 Å². The first-order valence-corrected chi connectivity index (χ1v) is 5.88. The molecular weight excluding hydrogens is 226 g/mol. The lowest BCUT2D eigenvalue weighted by Gasteiger charge is -2.09. The van der Waals surface area contributed by atoms with Gasteiger partial charge in [0.25, 0.3) is 0 Å². The van der Waals surface area contributed by atoms with E-state index >= 15 is 0 Å². The molecule has 0 atom stereocenters. The van der Waals surface area contributed by atoms with Crippen molar-refractivity contribution in [2.75, 3.05) is 18.5 Å². The van der Waals surface area contributed by atoms with Gasteiger partial charge in [0.1, 0.15) is 16.8 Å². The van der Waals surface area contributed by atoms with Crippen LogP contribution in [0.4, 0.5) is 5.82 Å². The van der Waals surface area contributed by atoms with Gasteiger partial charge < -0.3 is 10.1 Å². The predicted molar refractivity (Wildman–Crippen MR) is 66.0 cm³/mol. The second kappa shape index (κ2) is 6.66. The maximum atomic E-state index is 5.87. The van der Waals surface area contributed by atoms with Crippen molar-refractivity contribution in [1.29, 1.82) is 0 Å². The Kier molecular flexibility index (Phi) is 5.49. The maximum absolute atomic E-state index is 5.87. The monoisotopic (exact) mass is 243 g/mol. The maximum Gasteiger partial charge on any atom is 0.134 e. The predicted octanol–water partition coefficient (Wildman–Crippen LogP) is 2.53. The van der Waals surface area contributed by atoms with Crippen LogP contribution in [0.2, 0.25) is 5.15 Å². The van der Waals surface area contributed by atoms with Crippen LogP contribution >= 0.6 is 11.6 Å². The molecule has 0 fully saturated rings. The molecule has 1 rings (SSSR count). The average molecular weight is 244 g/mol. The number of hydrogen-bond acceptors (Lipinski definition) is 4. The van der Waals surface area contributed by atoms with E-state index in [0.717, 1.165) is 18.1 Å². The van der Waals surface area contributed by atoms with Crippen molar-refractivity contribution < 1.29 is 4.74 Å². The highest BCUT2D eigenvalue weighted by Gasteiger charge is 2.01. The zero-order chi connectivity index (χ0) is 12.0. The van der Waals surface area contributed by atoms with Gasteiger partial charge in [0.15, 0.2) is 0 Å². The molecule has 0 spiro atoms. The Labute approximate surface area is 101 Å². The van der Waals surface area contributed by atoms with Gasteiger partial charge in [0.2, 0.25) is 0 Å². The first-order chi connectivity index (χ1) is 7.61. The van der Waals surface area contributed by atoms with E-state index in [1.807, 2.05) is 20.8 Å². The molecule has 0 radical (unpaired) electrons. The fraction of sp³-hybridized carbons (Fsp3) is 0.636. The summed E-state index contributed by atoms with van der Waals surface area (Å²) in [6, 6.07) is 1.72. The van der Waals surface area contributed by atoms with E-state index in [1.54, 1.807) is 6.07 Å². The van der Waals surface area contributed by atoms with Crippen LogP contribution in [0.15, 0.2) is 6.07 Å². The molecule has 0 unspecified atom stereocenters. The molecule has 4 nitrogen and oxygen atoms in total. The van der Waals surface area contributed by atoms with Gasteiger partial charge >= 0.3 is 0 Å². The molecule has 1 aromatic heterocycles. The molecule has 0 amide bonds. The number of aryl methyl sites for hydroxylation is 1. The summed E-state index contributed by atoms with van der Waals surface area (Å²) in [5.74, 6) is 1.50. The molecule has 0 saturated carbocycles. The molecule has 0 aliphatic rings. The molecule has 1 N–H and O–H groups in total. The number of hydrogen-bond donors (Lipinski definition) is 1. The zero-order valence-electron chi connectivity index (χ0n) is 9.96. The molecule has 0 aromatic carbocycles. The molecule has 0 aliphatic carbocycles. The van der Waals surface area contributed by atoms with Crippen LogP contribution in [0.3, 0.4) is 0 Å². The van der Waals surface area contributed by atoms with E-state index in [1.165, 1.54) is 0 Å². The Bertz CT molecular complexity index is 331. The van der Waals surface area contributed by atoms with Crippen molar-refractivity contribution in [3.63, 3.8) is 0 Å². The number of rotatable bonds is 6. The van der Waals surface area contributed by atoms with E-state index in [9.17, 15) is 0 Å². The summed E-state index contributed by atoms with van der Waals surface area (Å²) in [4.78, 5) is 8.40. The quantitative estimate of drug-likeness (QED) is 0.616. The first kappa shape index (κ1) is 13.2.